The van der Waals surface area contributed by atoms with Gasteiger partial charge in [0.2, 0.25) is 0 Å². The van der Waals surface area contributed by atoms with E-state index >= 15 is 0 Å². The number of methoxy groups -OCH3 is 1. The summed E-state index contributed by atoms with van der Waals surface area (Å²) in [5.74, 6) is 0.577. The van der Waals surface area contributed by atoms with Crippen LogP contribution in [0.2, 0.25) is 0 Å². The maximum Gasteiger partial charge on any atom is 0.185 e. The summed E-state index contributed by atoms with van der Waals surface area (Å²) in [5.41, 5.74) is 0.427. The van der Waals surface area contributed by atoms with Gasteiger partial charge in [0.25, 0.3) is 0 Å². The summed E-state index contributed by atoms with van der Waals surface area (Å²) >= 11 is 0. The monoisotopic (exact) mass is 249 g/mol. The summed E-state index contributed by atoms with van der Waals surface area (Å²) < 4.78 is 10.8. The molecule has 2 rings (SSSR count). The molecule has 1 atom stereocenters. The Morgan fingerprint density at radius 3 is 3.17 bits per heavy atom. The molecule has 1 fully saturated rings. The van der Waals surface area contributed by atoms with E-state index in [0.717, 1.165) is 25.9 Å². The molecule has 0 aromatic carbocycles. The average molecular weight is 249 g/mol. The predicted octanol–water partition coefficient (Wildman–Crippen LogP) is 2.62. The van der Waals surface area contributed by atoms with Crippen LogP contribution < -0.4 is 4.74 Å². The second-order valence-electron chi connectivity index (χ2n) is 4.50. The van der Waals surface area contributed by atoms with E-state index in [-0.39, 0.29) is 11.9 Å². The highest BCUT2D eigenvalue weighted by molar-refractivity contribution is 5.96. The zero-order chi connectivity index (χ0) is 12.8. The van der Waals surface area contributed by atoms with Crippen LogP contribution in [-0.4, -0.2) is 30.6 Å². The molecule has 1 aromatic rings. The molecule has 0 amide bonds. The number of ether oxygens (including phenoxy) is 2. The Hall–Kier alpha value is -1.42. The van der Waals surface area contributed by atoms with E-state index in [0.29, 0.717) is 17.9 Å². The van der Waals surface area contributed by atoms with Gasteiger partial charge in [-0.2, -0.15) is 0 Å². The van der Waals surface area contributed by atoms with Gasteiger partial charge in [0, 0.05) is 19.2 Å². The number of Topliss-reactive ketones (excluding diaryl/α,β-unsaturated/α-hetero) is 1. The van der Waals surface area contributed by atoms with E-state index in [1.807, 2.05) is 0 Å². The Morgan fingerprint density at radius 1 is 1.56 bits per heavy atom. The first-order chi connectivity index (χ1) is 8.81. The Morgan fingerprint density at radius 2 is 2.44 bits per heavy atom. The van der Waals surface area contributed by atoms with E-state index in [1.165, 1.54) is 6.42 Å². The molecule has 1 saturated heterocycles. The van der Waals surface area contributed by atoms with Crippen LogP contribution in [0.15, 0.2) is 18.3 Å². The minimum atomic E-state index is 0.0293. The highest BCUT2D eigenvalue weighted by Crippen LogP contribution is 2.21. The fraction of sp³-hybridized carbons (Fsp3) is 0.571. The van der Waals surface area contributed by atoms with Gasteiger partial charge in [-0.05, 0) is 37.8 Å². The van der Waals surface area contributed by atoms with Crippen molar-refractivity contribution in [3.05, 3.63) is 24.0 Å². The first kappa shape index (κ1) is 13.0. The molecule has 0 aliphatic carbocycles. The van der Waals surface area contributed by atoms with Gasteiger partial charge in [0.05, 0.1) is 13.2 Å². The van der Waals surface area contributed by atoms with Gasteiger partial charge in [-0.1, -0.05) is 0 Å². The summed E-state index contributed by atoms with van der Waals surface area (Å²) in [6.07, 6.45) is 6.50. The van der Waals surface area contributed by atoms with E-state index in [4.69, 9.17) is 9.47 Å². The van der Waals surface area contributed by atoms with Crippen molar-refractivity contribution in [2.24, 2.45) is 0 Å². The fourth-order valence-corrected chi connectivity index (χ4v) is 2.21. The molecule has 0 saturated carbocycles. The van der Waals surface area contributed by atoms with Gasteiger partial charge >= 0.3 is 0 Å². The first-order valence-corrected chi connectivity index (χ1v) is 6.45. The Bertz CT molecular complexity index is 400. The molecule has 0 N–H and O–H groups in total. The van der Waals surface area contributed by atoms with Gasteiger partial charge in [-0.3, -0.25) is 4.79 Å². The molecule has 18 heavy (non-hydrogen) atoms. The summed E-state index contributed by atoms with van der Waals surface area (Å²) in [7, 11) is 1.55. The number of nitrogens with zero attached hydrogens (tertiary/aromatic N) is 1. The highest BCUT2D eigenvalue weighted by Gasteiger charge is 2.18. The van der Waals surface area contributed by atoms with Crippen LogP contribution >= 0.6 is 0 Å². The Balaban J connectivity index is 1.90. The molecule has 4 nitrogen and oxygen atoms in total. The van der Waals surface area contributed by atoms with E-state index in [2.05, 4.69) is 4.98 Å². The number of rotatable bonds is 5. The number of aromatic nitrogens is 1. The standard InChI is InChI=1S/C14H19NO3/c1-17-13-6-4-9-15-14(13)12(16)8-7-11-5-2-3-10-18-11/h4,6,9,11H,2-3,5,7-8,10H2,1H3. The van der Waals surface area contributed by atoms with E-state index in [9.17, 15) is 4.79 Å². The van der Waals surface area contributed by atoms with Gasteiger partial charge < -0.3 is 9.47 Å². The molecule has 0 spiro atoms. The molecule has 1 aromatic heterocycles. The van der Waals surface area contributed by atoms with Crippen LogP contribution in [0.25, 0.3) is 0 Å². The third kappa shape index (κ3) is 3.29. The molecule has 1 aliphatic heterocycles. The second-order valence-corrected chi connectivity index (χ2v) is 4.50. The van der Waals surface area contributed by atoms with Crippen LogP contribution in [0.3, 0.4) is 0 Å². The Labute approximate surface area is 107 Å². The zero-order valence-electron chi connectivity index (χ0n) is 10.7. The number of hydrogen-bond donors (Lipinski definition) is 0. The SMILES string of the molecule is COc1cccnc1C(=O)CCC1CCCCO1. The first-order valence-electron chi connectivity index (χ1n) is 6.45. The summed E-state index contributed by atoms with van der Waals surface area (Å²) in [4.78, 5) is 16.2. The minimum absolute atomic E-state index is 0.0293. The topological polar surface area (TPSA) is 48.4 Å². The molecule has 4 heteroatoms. The molecular formula is C14H19NO3. The maximum absolute atomic E-state index is 12.1. The van der Waals surface area contributed by atoms with Crippen molar-refractivity contribution in [3.63, 3.8) is 0 Å². The molecule has 2 heterocycles. The number of ketones is 1. The maximum atomic E-state index is 12.1. The lowest BCUT2D eigenvalue weighted by Gasteiger charge is -2.22. The zero-order valence-corrected chi connectivity index (χ0v) is 10.7. The van der Waals surface area contributed by atoms with Gasteiger partial charge in [0.1, 0.15) is 11.4 Å². The number of carbonyl (C=O) groups excluding carboxylic acids is 1. The van der Waals surface area contributed by atoms with Crippen LogP contribution in [0.1, 0.15) is 42.6 Å². The predicted molar refractivity (Wildman–Crippen MR) is 67.9 cm³/mol. The molecule has 98 valence electrons. The fourth-order valence-electron chi connectivity index (χ4n) is 2.21. The Kier molecular flexibility index (Phi) is 4.70. The third-order valence-corrected chi connectivity index (χ3v) is 3.22. The van der Waals surface area contributed by atoms with Crippen molar-refractivity contribution in [1.29, 1.82) is 0 Å². The molecule has 0 radical (unpaired) electrons. The lowest BCUT2D eigenvalue weighted by molar-refractivity contribution is 0.0104. The number of carbonyl (C=O) groups is 1. The van der Waals surface area contributed by atoms with Crippen LogP contribution in [0, 0.1) is 0 Å². The lowest BCUT2D eigenvalue weighted by Crippen LogP contribution is -2.20. The lowest BCUT2D eigenvalue weighted by atomic mass is 10.0. The molecule has 0 bridgehead atoms. The van der Waals surface area contributed by atoms with Crippen molar-refractivity contribution < 1.29 is 14.3 Å². The van der Waals surface area contributed by atoms with Crippen molar-refractivity contribution in [1.82, 2.24) is 4.98 Å². The number of hydrogen-bond acceptors (Lipinski definition) is 4. The normalized spacial score (nSPS) is 19.5. The molecule has 1 aliphatic rings. The van der Waals surface area contributed by atoms with Crippen molar-refractivity contribution in [3.8, 4) is 5.75 Å². The molecular weight excluding hydrogens is 230 g/mol. The van der Waals surface area contributed by atoms with Gasteiger partial charge in [-0.25, -0.2) is 4.98 Å². The molecule has 1 unspecified atom stereocenters. The van der Waals surface area contributed by atoms with E-state index in [1.54, 1.807) is 25.4 Å². The number of pyridine rings is 1. The van der Waals surface area contributed by atoms with Crippen LogP contribution in [-0.2, 0) is 4.74 Å². The highest BCUT2D eigenvalue weighted by atomic mass is 16.5. The van der Waals surface area contributed by atoms with Crippen LogP contribution in [0.5, 0.6) is 5.75 Å². The second kappa shape index (κ2) is 6.50. The van der Waals surface area contributed by atoms with Crippen molar-refractivity contribution >= 4 is 5.78 Å². The largest absolute Gasteiger partial charge is 0.494 e. The van der Waals surface area contributed by atoms with E-state index < -0.39 is 0 Å². The summed E-state index contributed by atoms with van der Waals surface area (Å²) in [5, 5.41) is 0. The van der Waals surface area contributed by atoms with Crippen LogP contribution in [0.4, 0.5) is 0 Å². The average Bonchev–Trinajstić information content (AvgIpc) is 2.45. The summed E-state index contributed by atoms with van der Waals surface area (Å²) in [6.45, 7) is 0.825. The van der Waals surface area contributed by atoms with Crippen molar-refractivity contribution in [2.75, 3.05) is 13.7 Å². The summed E-state index contributed by atoms with van der Waals surface area (Å²) in [6, 6.07) is 3.53. The van der Waals surface area contributed by atoms with Gasteiger partial charge in [-0.15, -0.1) is 0 Å². The minimum Gasteiger partial charge on any atom is -0.494 e. The van der Waals surface area contributed by atoms with Gasteiger partial charge in [0.15, 0.2) is 5.78 Å². The smallest absolute Gasteiger partial charge is 0.185 e. The quantitative estimate of drug-likeness (QED) is 0.753. The van der Waals surface area contributed by atoms with Crippen molar-refractivity contribution in [2.45, 2.75) is 38.2 Å². The third-order valence-electron chi connectivity index (χ3n) is 3.22.